The number of nitrogens with two attached hydrogens (primary N) is 1. The monoisotopic (exact) mass is 149 g/mol. The summed E-state index contributed by atoms with van der Waals surface area (Å²) in [4.78, 5) is 0. The first kappa shape index (κ1) is 8.28. The van der Waals surface area contributed by atoms with Crippen LogP contribution in [-0.4, -0.2) is 6.54 Å². The summed E-state index contributed by atoms with van der Waals surface area (Å²) in [6.07, 6.45) is 2.10. The average molecular weight is 149 g/mol. The number of aryl methyl sites for hydroxylation is 1. The van der Waals surface area contributed by atoms with Gasteiger partial charge in [-0.15, -0.1) is 0 Å². The van der Waals surface area contributed by atoms with E-state index in [0.717, 1.165) is 19.4 Å². The predicted octanol–water partition coefficient (Wildman–Crippen LogP) is 1.75. The fourth-order valence-corrected chi connectivity index (χ4v) is 1.17. The topological polar surface area (TPSA) is 26.0 Å². The van der Waals surface area contributed by atoms with E-state index in [1.807, 2.05) is 0 Å². The van der Waals surface area contributed by atoms with Crippen molar-refractivity contribution < 1.29 is 0 Å². The Hall–Kier alpha value is -0.820. The third-order valence-corrected chi connectivity index (χ3v) is 1.83. The number of hydrogen-bond donors (Lipinski definition) is 1. The highest BCUT2D eigenvalue weighted by Crippen LogP contribution is 2.05. The number of benzene rings is 1. The maximum Gasteiger partial charge on any atom is -0.00367 e. The van der Waals surface area contributed by atoms with Crippen molar-refractivity contribution in [2.45, 2.75) is 19.8 Å². The van der Waals surface area contributed by atoms with E-state index in [0.29, 0.717) is 0 Å². The van der Waals surface area contributed by atoms with Gasteiger partial charge in [-0.1, -0.05) is 31.2 Å². The Morgan fingerprint density at radius 3 is 2.64 bits per heavy atom. The quantitative estimate of drug-likeness (QED) is 0.696. The zero-order chi connectivity index (χ0) is 8.10. The van der Waals surface area contributed by atoms with E-state index in [1.54, 1.807) is 0 Å². The molecule has 1 rings (SSSR count). The molecule has 60 valence electrons. The van der Waals surface area contributed by atoms with Crippen LogP contribution in [0.1, 0.15) is 18.1 Å². The van der Waals surface area contributed by atoms with Gasteiger partial charge in [-0.05, 0) is 30.5 Å². The molecule has 0 saturated heterocycles. The largest absolute Gasteiger partial charge is 0.330 e. The molecule has 1 aromatic rings. The average Bonchev–Trinajstić information content (AvgIpc) is 2.06. The van der Waals surface area contributed by atoms with Crippen LogP contribution in [0.4, 0.5) is 0 Å². The first-order chi connectivity index (χ1) is 5.36. The molecule has 0 fully saturated rings. The van der Waals surface area contributed by atoms with E-state index in [9.17, 15) is 0 Å². The van der Waals surface area contributed by atoms with E-state index < -0.39 is 0 Å². The summed E-state index contributed by atoms with van der Waals surface area (Å²) in [5.41, 5.74) is 8.20. The van der Waals surface area contributed by atoms with Gasteiger partial charge in [-0.3, -0.25) is 0 Å². The molecule has 0 aliphatic carbocycles. The molecule has 0 atom stereocenters. The molecule has 0 spiro atoms. The van der Waals surface area contributed by atoms with Crippen LogP contribution in [0.15, 0.2) is 24.3 Å². The Balaban J connectivity index is 2.74. The molecule has 11 heavy (non-hydrogen) atoms. The highest BCUT2D eigenvalue weighted by atomic mass is 14.5. The summed E-state index contributed by atoms with van der Waals surface area (Å²) in [6, 6.07) is 8.61. The molecule has 1 nitrogen and oxygen atoms in total. The Labute approximate surface area is 68.2 Å². The van der Waals surface area contributed by atoms with Crippen molar-refractivity contribution in [3.63, 3.8) is 0 Å². The van der Waals surface area contributed by atoms with E-state index in [4.69, 9.17) is 5.73 Å². The molecule has 2 N–H and O–H groups in total. The van der Waals surface area contributed by atoms with Crippen LogP contribution in [0.5, 0.6) is 0 Å². The second-order valence-electron chi connectivity index (χ2n) is 2.71. The molecule has 0 aliphatic heterocycles. The van der Waals surface area contributed by atoms with Gasteiger partial charge < -0.3 is 5.73 Å². The first-order valence-corrected chi connectivity index (χ1v) is 4.14. The van der Waals surface area contributed by atoms with Gasteiger partial charge in [-0.2, -0.15) is 0 Å². The maximum atomic E-state index is 5.45. The van der Waals surface area contributed by atoms with E-state index in [1.165, 1.54) is 11.1 Å². The van der Waals surface area contributed by atoms with Gasteiger partial charge in [-0.25, -0.2) is 0 Å². The van der Waals surface area contributed by atoms with Crippen molar-refractivity contribution in [3.05, 3.63) is 35.4 Å². The third kappa shape index (κ3) is 2.35. The molecule has 0 amide bonds. The minimum atomic E-state index is 0.743. The summed E-state index contributed by atoms with van der Waals surface area (Å²) in [5, 5.41) is 0. The summed E-state index contributed by atoms with van der Waals surface area (Å²) < 4.78 is 0. The van der Waals surface area contributed by atoms with Gasteiger partial charge in [0, 0.05) is 0 Å². The Bertz CT molecular complexity index is 218. The second kappa shape index (κ2) is 4.14. The van der Waals surface area contributed by atoms with Crippen molar-refractivity contribution in [1.29, 1.82) is 0 Å². The van der Waals surface area contributed by atoms with Gasteiger partial charge >= 0.3 is 0 Å². The SMILES string of the molecule is CCc1cccc(CCN)c1. The molecule has 0 radical (unpaired) electrons. The van der Waals surface area contributed by atoms with Gasteiger partial charge in [0.25, 0.3) is 0 Å². The molecular formula is C10H15N. The number of hydrogen-bond acceptors (Lipinski definition) is 1. The molecular weight excluding hydrogens is 134 g/mol. The smallest absolute Gasteiger partial charge is 0.00367 e. The van der Waals surface area contributed by atoms with Crippen LogP contribution in [0.25, 0.3) is 0 Å². The van der Waals surface area contributed by atoms with Crippen LogP contribution >= 0.6 is 0 Å². The van der Waals surface area contributed by atoms with Gasteiger partial charge in [0.15, 0.2) is 0 Å². The molecule has 0 unspecified atom stereocenters. The van der Waals surface area contributed by atoms with E-state index in [-0.39, 0.29) is 0 Å². The normalized spacial score (nSPS) is 10.0. The third-order valence-electron chi connectivity index (χ3n) is 1.83. The van der Waals surface area contributed by atoms with Crippen molar-refractivity contribution in [2.24, 2.45) is 5.73 Å². The molecule has 0 saturated carbocycles. The van der Waals surface area contributed by atoms with Crippen LogP contribution < -0.4 is 5.73 Å². The lowest BCUT2D eigenvalue weighted by atomic mass is 10.1. The fourth-order valence-electron chi connectivity index (χ4n) is 1.17. The minimum absolute atomic E-state index is 0.743. The Kier molecular flexibility index (Phi) is 3.12. The molecule has 0 aromatic heterocycles. The fraction of sp³-hybridized carbons (Fsp3) is 0.400. The molecule has 0 bridgehead atoms. The summed E-state index contributed by atoms with van der Waals surface area (Å²) in [5.74, 6) is 0. The van der Waals surface area contributed by atoms with Crippen LogP contribution in [0.3, 0.4) is 0 Å². The molecule has 1 aromatic carbocycles. The predicted molar refractivity (Wildman–Crippen MR) is 48.6 cm³/mol. The van der Waals surface area contributed by atoms with E-state index in [2.05, 4.69) is 31.2 Å². The second-order valence-corrected chi connectivity index (χ2v) is 2.71. The number of rotatable bonds is 3. The van der Waals surface area contributed by atoms with Crippen LogP contribution in [0.2, 0.25) is 0 Å². The lowest BCUT2D eigenvalue weighted by Gasteiger charge is -2.00. The van der Waals surface area contributed by atoms with Crippen molar-refractivity contribution in [1.82, 2.24) is 0 Å². The first-order valence-electron chi connectivity index (χ1n) is 4.14. The molecule has 0 heterocycles. The van der Waals surface area contributed by atoms with Gasteiger partial charge in [0.1, 0.15) is 0 Å². The summed E-state index contributed by atoms with van der Waals surface area (Å²) >= 11 is 0. The summed E-state index contributed by atoms with van der Waals surface area (Å²) in [7, 11) is 0. The Morgan fingerprint density at radius 2 is 2.00 bits per heavy atom. The zero-order valence-corrected chi connectivity index (χ0v) is 7.01. The minimum Gasteiger partial charge on any atom is -0.330 e. The van der Waals surface area contributed by atoms with Gasteiger partial charge in [0.2, 0.25) is 0 Å². The lowest BCUT2D eigenvalue weighted by Crippen LogP contribution is -2.02. The Morgan fingerprint density at radius 1 is 1.27 bits per heavy atom. The van der Waals surface area contributed by atoms with Crippen molar-refractivity contribution in [2.75, 3.05) is 6.54 Å². The summed E-state index contributed by atoms with van der Waals surface area (Å²) in [6.45, 7) is 2.91. The van der Waals surface area contributed by atoms with Crippen molar-refractivity contribution >= 4 is 0 Å². The van der Waals surface area contributed by atoms with Gasteiger partial charge in [0.05, 0.1) is 0 Å². The standard InChI is InChI=1S/C10H15N/c1-2-9-4-3-5-10(8-9)6-7-11/h3-5,8H,2,6-7,11H2,1H3. The van der Waals surface area contributed by atoms with E-state index >= 15 is 0 Å². The lowest BCUT2D eigenvalue weighted by molar-refractivity contribution is 0.962. The maximum absolute atomic E-state index is 5.45. The molecule has 1 heteroatoms. The highest BCUT2D eigenvalue weighted by molar-refractivity contribution is 5.23. The van der Waals surface area contributed by atoms with Crippen LogP contribution in [-0.2, 0) is 12.8 Å². The van der Waals surface area contributed by atoms with Crippen molar-refractivity contribution in [3.8, 4) is 0 Å². The highest BCUT2D eigenvalue weighted by Gasteiger charge is 1.91. The zero-order valence-electron chi connectivity index (χ0n) is 7.01. The molecule has 0 aliphatic rings. The van der Waals surface area contributed by atoms with Crippen LogP contribution in [0, 0.1) is 0 Å².